The van der Waals surface area contributed by atoms with E-state index >= 15 is 0 Å². The van der Waals surface area contributed by atoms with Crippen molar-refractivity contribution in [3.05, 3.63) is 168 Å². The zero-order valence-corrected chi connectivity index (χ0v) is 38.9. The van der Waals surface area contributed by atoms with Crippen molar-refractivity contribution in [2.45, 2.75) is 52.7 Å². The summed E-state index contributed by atoms with van der Waals surface area (Å²) < 4.78 is 23.8. The van der Waals surface area contributed by atoms with Gasteiger partial charge < -0.3 is 18.9 Å². The van der Waals surface area contributed by atoms with Crippen molar-refractivity contribution < 1.29 is 52.1 Å². The third-order valence-corrected chi connectivity index (χ3v) is 9.51. The molecule has 0 saturated heterocycles. The molecule has 4 heterocycles. The summed E-state index contributed by atoms with van der Waals surface area (Å²) in [6, 6.07) is 29.4. The highest BCUT2D eigenvalue weighted by Crippen LogP contribution is 2.19. The van der Waals surface area contributed by atoms with Gasteiger partial charge in [-0.3, -0.25) is 14.8 Å². The van der Waals surface area contributed by atoms with Crippen molar-refractivity contribution in [1.29, 1.82) is 0 Å². The molecular weight excluding hydrogens is 892 g/mol. The van der Waals surface area contributed by atoms with E-state index in [4.69, 9.17) is 9.47 Å². The minimum atomic E-state index is -0.548. The lowest BCUT2D eigenvalue weighted by molar-refractivity contribution is -0.587. The van der Waals surface area contributed by atoms with Crippen LogP contribution in [0, 0.1) is 0 Å². The van der Waals surface area contributed by atoms with E-state index in [1.165, 1.54) is 34.1 Å². The molecule has 14 heteroatoms. The summed E-state index contributed by atoms with van der Waals surface area (Å²) in [4.78, 5) is 65.3. The highest BCUT2D eigenvalue weighted by molar-refractivity contribution is 9.10. The van der Waals surface area contributed by atoms with Crippen molar-refractivity contribution in [3.63, 3.8) is 0 Å². The highest BCUT2D eigenvalue weighted by atomic mass is 79.9. The van der Waals surface area contributed by atoms with Gasteiger partial charge in [-0.15, -0.1) is 0 Å². The van der Waals surface area contributed by atoms with Gasteiger partial charge in [0, 0.05) is 68.5 Å². The fraction of sp³-hybridized carbons (Fsp3) is 0.196. The van der Waals surface area contributed by atoms with Crippen LogP contribution in [-0.2, 0) is 18.9 Å². The number of ether oxygens (including phenoxy) is 4. The number of esters is 2. The number of nitrogens with zero attached hydrogens (tertiary/aromatic N) is 4. The Kier molecular flexibility index (Phi) is 16.3. The second kappa shape index (κ2) is 21.8. The standard InChI is InChI=1S/C16H18NO4.C15H16NO3.C11H9NO2.C9H6BrN/c1-16(2,3)21-15(19)17-8-7-11-9-12(14(18)20-4)5-6-13(11)10-17;1-15(2,3)19-14(18)16-7-6-12-8-11(10-17)4-5-13(12)9-16;1-14-11(13)9-2-3-10-7-12-5-4-8(10)6-9;10-9-2-1-8-6-11-4-3-7(8)5-9/h5-10H,1-4H3;4-10H,1-3H3;2-7H,1H3;1-6H/q2*+1;;. The first kappa shape index (κ1) is 48.6. The average molecular weight is 942 g/mol. The lowest BCUT2D eigenvalue weighted by atomic mass is 10.1. The first-order chi connectivity index (χ1) is 30.9. The van der Waals surface area contributed by atoms with Crippen LogP contribution in [0.3, 0.4) is 0 Å². The Hall–Kier alpha value is -7.45. The van der Waals surface area contributed by atoms with Crippen LogP contribution < -0.4 is 9.13 Å². The number of carbonyl (C=O) groups excluding carboxylic acids is 5. The molecule has 0 atom stereocenters. The topological polar surface area (TPSA) is 156 Å². The zero-order valence-electron chi connectivity index (χ0n) is 37.3. The second-order valence-electron chi connectivity index (χ2n) is 16.3. The quantitative estimate of drug-likeness (QED) is 0.0719. The maximum absolute atomic E-state index is 12.0. The van der Waals surface area contributed by atoms with E-state index in [0.717, 1.165) is 43.1 Å². The Balaban J connectivity index is 0.000000167. The normalized spacial score (nSPS) is 10.8. The van der Waals surface area contributed by atoms with Gasteiger partial charge in [0.1, 0.15) is 17.5 Å². The third-order valence-electron chi connectivity index (χ3n) is 9.01. The molecule has 4 aromatic carbocycles. The van der Waals surface area contributed by atoms with Gasteiger partial charge in [-0.25, -0.2) is 9.59 Å². The van der Waals surface area contributed by atoms with E-state index in [1.807, 2.05) is 78.1 Å². The van der Waals surface area contributed by atoms with Crippen molar-refractivity contribution in [2.75, 3.05) is 14.2 Å². The molecule has 0 fully saturated rings. The van der Waals surface area contributed by atoms with E-state index in [9.17, 15) is 24.0 Å². The molecule has 0 amide bonds. The van der Waals surface area contributed by atoms with E-state index < -0.39 is 23.4 Å². The summed E-state index contributed by atoms with van der Waals surface area (Å²) in [7, 11) is 2.72. The van der Waals surface area contributed by atoms with E-state index in [-0.39, 0.29) is 11.9 Å². The molecule has 0 aliphatic carbocycles. The number of methoxy groups -OCH3 is 2. The molecule has 332 valence electrons. The molecular formula is C51H49BrN4O9+2. The molecule has 8 aromatic rings. The van der Waals surface area contributed by atoms with Crippen LogP contribution in [0.25, 0.3) is 43.1 Å². The number of hydrogen-bond donors (Lipinski definition) is 0. The summed E-state index contributed by atoms with van der Waals surface area (Å²) in [5.74, 6) is -0.704. The van der Waals surface area contributed by atoms with Crippen LogP contribution in [0.5, 0.6) is 0 Å². The van der Waals surface area contributed by atoms with Crippen LogP contribution in [0.4, 0.5) is 9.59 Å². The molecule has 4 aromatic heterocycles. The number of rotatable bonds is 3. The van der Waals surface area contributed by atoms with Crippen LogP contribution in [0.1, 0.15) is 72.6 Å². The third kappa shape index (κ3) is 14.3. The largest absolute Gasteiger partial charge is 0.602 e. The maximum Gasteiger partial charge on any atom is 0.602 e. The van der Waals surface area contributed by atoms with Crippen molar-refractivity contribution in [3.8, 4) is 0 Å². The fourth-order valence-corrected chi connectivity index (χ4v) is 6.33. The molecule has 0 radical (unpaired) electrons. The first-order valence-electron chi connectivity index (χ1n) is 20.2. The second-order valence-corrected chi connectivity index (χ2v) is 17.2. The molecule has 0 spiro atoms. The van der Waals surface area contributed by atoms with Crippen molar-refractivity contribution >= 4 is 89.4 Å². The van der Waals surface area contributed by atoms with Gasteiger partial charge in [-0.2, -0.15) is 9.59 Å². The van der Waals surface area contributed by atoms with Gasteiger partial charge in [0.2, 0.25) is 0 Å². The summed E-state index contributed by atoms with van der Waals surface area (Å²) in [5, 5.41) is 7.85. The summed E-state index contributed by atoms with van der Waals surface area (Å²) in [6.45, 7) is 10.9. The number of aromatic nitrogens is 4. The van der Waals surface area contributed by atoms with E-state index in [2.05, 4.69) is 41.4 Å². The number of fused-ring (bicyclic) bond motifs is 4. The summed E-state index contributed by atoms with van der Waals surface area (Å²) in [5.41, 5.74) is 0.572. The van der Waals surface area contributed by atoms with Crippen LogP contribution in [-0.4, -0.2) is 65.8 Å². The number of aldehydes is 1. The van der Waals surface area contributed by atoms with Crippen LogP contribution >= 0.6 is 15.9 Å². The van der Waals surface area contributed by atoms with Gasteiger partial charge in [0.05, 0.1) is 25.3 Å². The Morgan fingerprint density at radius 1 is 0.523 bits per heavy atom. The van der Waals surface area contributed by atoms with Crippen molar-refractivity contribution in [2.24, 2.45) is 0 Å². The maximum atomic E-state index is 12.0. The lowest BCUT2D eigenvalue weighted by Crippen LogP contribution is -2.45. The molecule has 65 heavy (non-hydrogen) atoms. The predicted octanol–water partition coefficient (Wildman–Crippen LogP) is 10.4. The molecule has 13 nitrogen and oxygen atoms in total. The minimum absolute atomic E-state index is 0.316. The van der Waals surface area contributed by atoms with Gasteiger partial charge in [-0.05, 0) is 130 Å². The number of benzene rings is 4. The van der Waals surface area contributed by atoms with Gasteiger partial charge in [-0.1, -0.05) is 43.3 Å². The number of carbonyl (C=O) groups is 5. The fourth-order valence-electron chi connectivity index (χ4n) is 5.96. The molecule has 0 aliphatic rings. The van der Waals surface area contributed by atoms with E-state index in [0.29, 0.717) is 16.7 Å². The molecule has 0 saturated carbocycles. The predicted molar refractivity (Wildman–Crippen MR) is 251 cm³/mol. The Bertz CT molecular complexity index is 3020. The lowest BCUT2D eigenvalue weighted by Gasteiger charge is -2.15. The molecule has 0 bridgehead atoms. The first-order valence-corrected chi connectivity index (χ1v) is 21.0. The number of pyridine rings is 4. The Morgan fingerprint density at radius 2 is 0.938 bits per heavy atom. The molecule has 0 unspecified atom stereocenters. The Morgan fingerprint density at radius 3 is 1.40 bits per heavy atom. The Labute approximate surface area is 384 Å². The van der Waals surface area contributed by atoms with Crippen molar-refractivity contribution in [1.82, 2.24) is 9.97 Å². The van der Waals surface area contributed by atoms with Crippen LogP contribution in [0.2, 0.25) is 0 Å². The highest BCUT2D eigenvalue weighted by Gasteiger charge is 2.26. The smallest absolute Gasteiger partial charge is 0.465 e. The zero-order chi connectivity index (χ0) is 47.3. The van der Waals surface area contributed by atoms with Gasteiger partial charge >= 0.3 is 24.1 Å². The minimum Gasteiger partial charge on any atom is -0.465 e. The molecule has 8 rings (SSSR count). The van der Waals surface area contributed by atoms with E-state index in [1.54, 1.807) is 104 Å². The number of halogens is 1. The van der Waals surface area contributed by atoms with Gasteiger partial charge in [0.15, 0.2) is 24.8 Å². The monoisotopic (exact) mass is 940 g/mol. The number of hydrogen-bond acceptors (Lipinski definition) is 11. The molecule has 0 N–H and O–H groups in total. The average Bonchev–Trinajstić information content (AvgIpc) is 3.29. The summed E-state index contributed by atoms with van der Waals surface area (Å²) >= 11 is 3.41. The summed E-state index contributed by atoms with van der Waals surface area (Å²) in [6.07, 6.45) is 13.7. The van der Waals surface area contributed by atoms with Crippen LogP contribution in [0.15, 0.2) is 151 Å². The molecule has 0 aliphatic heterocycles. The SMILES string of the molecule is Brc1ccc2cnccc2c1.CC(C)(C)OC(=O)[n+]1ccc2cc(C=O)ccc2c1.COC(=O)c1ccc2c[n+](C(=O)OC(C)(C)C)ccc2c1.COC(=O)c1ccc2cnccc2c1. The van der Waals surface area contributed by atoms with Gasteiger partial charge in [0.25, 0.3) is 0 Å².